The van der Waals surface area contributed by atoms with Crippen LogP contribution in [0.15, 0.2) is 52.3 Å². The fraction of sp³-hybridized carbons (Fsp3) is 0.143. The van der Waals surface area contributed by atoms with Crippen LogP contribution in [0.1, 0.15) is 18.6 Å². The zero-order valence-corrected chi connectivity index (χ0v) is 11.0. The third-order valence-electron chi connectivity index (χ3n) is 3.09. The summed E-state index contributed by atoms with van der Waals surface area (Å²) in [6.45, 7) is 1.53. The molecule has 4 nitrogen and oxygen atoms in total. The van der Waals surface area contributed by atoms with Gasteiger partial charge in [0.15, 0.2) is 0 Å². The lowest BCUT2D eigenvalue weighted by atomic mass is 10.1. The van der Waals surface area contributed by atoms with E-state index in [1.54, 1.807) is 36.4 Å². The lowest BCUT2D eigenvalue weighted by Crippen LogP contribution is -2.14. The zero-order chi connectivity index (χ0) is 13.6. The van der Waals surface area contributed by atoms with Crippen LogP contribution in [0.2, 0.25) is 0 Å². The Hall–Kier alpha value is -1.85. The van der Waals surface area contributed by atoms with Gasteiger partial charge in [-0.05, 0) is 25.1 Å². The van der Waals surface area contributed by atoms with Crippen LogP contribution in [0.4, 0.5) is 0 Å². The first-order valence-electron chi connectivity index (χ1n) is 5.85. The summed E-state index contributed by atoms with van der Waals surface area (Å²) in [6, 6.07) is 11.3. The van der Waals surface area contributed by atoms with Crippen LogP contribution < -0.4 is 4.74 Å². The predicted octanol–water partition coefficient (Wildman–Crippen LogP) is 2.68. The number of fused-ring (bicyclic) bond motifs is 2. The number of hydrogen-bond acceptors (Lipinski definition) is 4. The summed E-state index contributed by atoms with van der Waals surface area (Å²) in [5.41, 5.74) is 0.354. The Balaban J connectivity index is 2.36. The van der Waals surface area contributed by atoms with E-state index < -0.39 is 15.9 Å². The molecule has 0 bridgehead atoms. The molecule has 5 heteroatoms. The predicted molar refractivity (Wildman–Crippen MR) is 69.0 cm³/mol. The van der Waals surface area contributed by atoms with E-state index in [0.29, 0.717) is 11.3 Å². The Morgan fingerprint density at radius 1 is 1.05 bits per heavy atom. The second kappa shape index (κ2) is 4.08. The minimum Gasteiger partial charge on any atom is -0.455 e. The largest absolute Gasteiger partial charge is 0.455 e. The van der Waals surface area contributed by atoms with Gasteiger partial charge in [-0.15, -0.1) is 0 Å². The summed E-state index contributed by atoms with van der Waals surface area (Å²) in [5.74, 6) is 0.579. The van der Waals surface area contributed by atoms with Gasteiger partial charge in [0.05, 0.1) is 6.10 Å². The van der Waals surface area contributed by atoms with Crippen molar-refractivity contribution in [1.82, 2.24) is 0 Å². The molecule has 19 heavy (non-hydrogen) atoms. The van der Waals surface area contributed by atoms with Gasteiger partial charge in [-0.1, -0.05) is 24.3 Å². The minimum absolute atomic E-state index is 0.0590. The molecule has 1 aliphatic heterocycles. The lowest BCUT2D eigenvalue weighted by molar-refractivity contribution is 0.195. The first-order chi connectivity index (χ1) is 9.01. The third kappa shape index (κ3) is 1.74. The van der Waals surface area contributed by atoms with Crippen LogP contribution in [-0.2, 0) is 9.84 Å². The number of aliphatic hydroxyl groups excluding tert-OH is 1. The summed E-state index contributed by atoms with van der Waals surface area (Å²) in [7, 11) is -3.66. The maximum absolute atomic E-state index is 12.6. The van der Waals surface area contributed by atoms with Crippen molar-refractivity contribution in [2.24, 2.45) is 0 Å². The quantitative estimate of drug-likeness (QED) is 0.742. The highest BCUT2D eigenvalue weighted by Gasteiger charge is 2.34. The van der Waals surface area contributed by atoms with Crippen molar-refractivity contribution in [3.63, 3.8) is 0 Å². The molecule has 2 aromatic carbocycles. The number of rotatable bonds is 1. The molecule has 3 rings (SSSR count). The van der Waals surface area contributed by atoms with E-state index in [1.807, 2.05) is 0 Å². The number of benzene rings is 2. The molecule has 0 saturated heterocycles. The second-order valence-electron chi connectivity index (χ2n) is 4.40. The van der Waals surface area contributed by atoms with Crippen molar-refractivity contribution in [3.8, 4) is 11.5 Å². The van der Waals surface area contributed by atoms with E-state index in [2.05, 4.69) is 0 Å². The van der Waals surface area contributed by atoms with Gasteiger partial charge in [0.1, 0.15) is 21.3 Å². The zero-order valence-electron chi connectivity index (χ0n) is 10.2. The summed E-state index contributed by atoms with van der Waals surface area (Å²) in [4.78, 5) is 0.194. The summed E-state index contributed by atoms with van der Waals surface area (Å²) in [6.07, 6.45) is -0.876. The van der Waals surface area contributed by atoms with Gasteiger partial charge in [-0.2, -0.15) is 0 Å². The average Bonchev–Trinajstić information content (AvgIpc) is 2.38. The van der Waals surface area contributed by atoms with Crippen molar-refractivity contribution in [3.05, 3.63) is 48.0 Å². The molecular weight excluding hydrogens is 264 g/mol. The standard InChI is InChI=1S/C14H12O4S/c1-9(15)10-5-4-7-12-14(10)19(16,17)13-8-3-2-6-11(13)18-12/h2-9,15H,1H3/t9-/m1/s1. The van der Waals surface area contributed by atoms with Crippen LogP contribution in [-0.4, -0.2) is 13.5 Å². The number of sulfone groups is 1. The highest BCUT2D eigenvalue weighted by Crippen LogP contribution is 2.44. The van der Waals surface area contributed by atoms with E-state index in [0.717, 1.165) is 0 Å². The first-order valence-corrected chi connectivity index (χ1v) is 7.33. The Labute approximate surface area is 111 Å². The van der Waals surface area contributed by atoms with Crippen molar-refractivity contribution in [2.45, 2.75) is 22.8 Å². The SMILES string of the molecule is C[C@@H](O)c1cccc2c1S(=O)(=O)c1ccccc1O2. The minimum atomic E-state index is -3.66. The van der Waals surface area contributed by atoms with Gasteiger partial charge < -0.3 is 9.84 Å². The third-order valence-corrected chi connectivity index (χ3v) is 4.98. The van der Waals surface area contributed by atoms with E-state index in [-0.39, 0.29) is 15.5 Å². The Morgan fingerprint density at radius 3 is 2.47 bits per heavy atom. The van der Waals surface area contributed by atoms with Crippen LogP contribution in [0.3, 0.4) is 0 Å². The molecular formula is C14H12O4S. The normalized spacial score (nSPS) is 16.9. The molecule has 0 radical (unpaired) electrons. The Bertz CT molecular complexity index is 748. The molecule has 1 N–H and O–H groups in total. The first kappa shape index (κ1) is 12.2. The van der Waals surface area contributed by atoms with E-state index in [9.17, 15) is 13.5 Å². The van der Waals surface area contributed by atoms with Gasteiger partial charge >= 0.3 is 0 Å². The highest BCUT2D eigenvalue weighted by atomic mass is 32.2. The molecule has 0 spiro atoms. The van der Waals surface area contributed by atoms with Crippen molar-refractivity contribution < 1.29 is 18.3 Å². The van der Waals surface area contributed by atoms with Crippen LogP contribution in [0.5, 0.6) is 11.5 Å². The van der Waals surface area contributed by atoms with Gasteiger partial charge in [0, 0.05) is 5.56 Å². The Kier molecular flexibility index (Phi) is 2.62. The molecule has 0 fully saturated rings. The number of ether oxygens (including phenoxy) is 1. The van der Waals surface area contributed by atoms with Crippen molar-refractivity contribution in [2.75, 3.05) is 0 Å². The molecule has 1 aliphatic rings. The molecule has 2 aromatic rings. The monoisotopic (exact) mass is 276 g/mol. The number of hydrogen-bond donors (Lipinski definition) is 1. The van der Waals surface area contributed by atoms with E-state index >= 15 is 0 Å². The number of para-hydroxylation sites is 1. The average molecular weight is 276 g/mol. The fourth-order valence-electron chi connectivity index (χ4n) is 2.21. The molecule has 1 atom stereocenters. The Morgan fingerprint density at radius 2 is 1.74 bits per heavy atom. The van der Waals surface area contributed by atoms with Gasteiger partial charge in [0.25, 0.3) is 0 Å². The van der Waals surface area contributed by atoms with Gasteiger partial charge in [-0.3, -0.25) is 0 Å². The lowest BCUT2D eigenvalue weighted by Gasteiger charge is -2.23. The molecule has 98 valence electrons. The topological polar surface area (TPSA) is 63.6 Å². The summed E-state index contributed by atoms with van der Waals surface area (Å²) in [5, 5.41) is 9.74. The number of aliphatic hydroxyl groups is 1. The summed E-state index contributed by atoms with van der Waals surface area (Å²) < 4.78 is 30.9. The highest BCUT2D eigenvalue weighted by molar-refractivity contribution is 7.91. The smallest absolute Gasteiger partial charge is 0.214 e. The van der Waals surface area contributed by atoms with Gasteiger partial charge in [0.2, 0.25) is 9.84 Å². The van der Waals surface area contributed by atoms with Crippen LogP contribution in [0.25, 0.3) is 0 Å². The fourth-order valence-corrected chi connectivity index (χ4v) is 3.99. The molecule has 0 unspecified atom stereocenters. The maximum Gasteiger partial charge on any atom is 0.214 e. The van der Waals surface area contributed by atoms with Gasteiger partial charge in [-0.25, -0.2) is 8.42 Å². The van der Waals surface area contributed by atoms with Crippen LogP contribution in [0, 0.1) is 0 Å². The van der Waals surface area contributed by atoms with E-state index in [1.165, 1.54) is 13.0 Å². The van der Waals surface area contributed by atoms with Crippen molar-refractivity contribution in [1.29, 1.82) is 0 Å². The maximum atomic E-state index is 12.6. The summed E-state index contributed by atoms with van der Waals surface area (Å²) >= 11 is 0. The van der Waals surface area contributed by atoms with Crippen LogP contribution >= 0.6 is 0 Å². The second-order valence-corrected chi connectivity index (χ2v) is 6.26. The molecule has 0 amide bonds. The molecule has 0 aromatic heterocycles. The van der Waals surface area contributed by atoms with E-state index in [4.69, 9.17) is 4.74 Å². The molecule has 1 heterocycles. The molecule has 0 saturated carbocycles. The van der Waals surface area contributed by atoms with Crippen molar-refractivity contribution >= 4 is 9.84 Å². The molecule has 0 aliphatic carbocycles.